The lowest BCUT2D eigenvalue weighted by Crippen LogP contribution is -2.45. The van der Waals surface area contributed by atoms with Crippen LogP contribution in [0.4, 0.5) is 0 Å². The number of carbonyl (C=O) groups excluding carboxylic acids is 2. The molecule has 0 aromatic heterocycles. The van der Waals surface area contributed by atoms with E-state index in [1.54, 1.807) is 7.11 Å². The van der Waals surface area contributed by atoms with Gasteiger partial charge < -0.3 is 19.1 Å². The predicted octanol–water partition coefficient (Wildman–Crippen LogP) is 6.16. The number of benzene rings is 1. The lowest BCUT2D eigenvalue weighted by molar-refractivity contribution is -0.119. The van der Waals surface area contributed by atoms with Gasteiger partial charge in [-0.15, -0.1) is 13.0 Å². The van der Waals surface area contributed by atoms with Crippen LogP contribution in [0.25, 0.3) is 0 Å². The van der Waals surface area contributed by atoms with E-state index in [2.05, 4.69) is 45.1 Å². The number of Topliss-reactive ketones (excluding diaryl/α,β-unsaturated/α-hetero) is 2. The molecule has 0 fully saturated rings. The first-order chi connectivity index (χ1) is 19.0. The average Bonchev–Trinajstić information content (AvgIpc) is 2.85. The third-order valence-electron chi connectivity index (χ3n) is 7.99. The van der Waals surface area contributed by atoms with Crippen molar-refractivity contribution in [3.8, 4) is 23.8 Å². The Balaban J connectivity index is 2.02. The van der Waals surface area contributed by atoms with Gasteiger partial charge in [-0.1, -0.05) is 45.8 Å². The summed E-state index contributed by atoms with van der Waals surface area (Å²) in [6.07, 6.45) is 10.2. The highest BCUT2D eigenvalue weighted by Gasteiger charge is 2.49. The molecule has 0 bridgehead atoms. The van der Waals surface area contributed by atoms with Gasteiger partial charge in [0.15, 0.2) is 23.1 Å². The van der Waals surface area contributed by atoms with Crippen molar-refractivity contribution in [3.63, 3.8) is 0 Å². The lowest BCUT2D eigenvalue weighted by atomic mass is 9.63. The van der Waals surface area contributed by atoms with Crippen molar-refractivity contribution in [2.75, 3.05) is 33.5 Å². The summed E-state index contributed by atoms with van der Waals surface area (Å²) < 4.78 is 17.5. The Labute approximate surface area is 239 Å². The van der Waals surface area contributed by atoms with Gasteiger partial charge in [0.05, 0.1) is 13.2 Å². The molecule has 6 nitrogen and oxygen atoms in total. The molecule has 214 valence electrons. The quantitative estimate of drug-likeness (QED) is 0.259. The minimum Gasteiger partial charge on any atom is -0.490 e. The topological polar surface area (TPSA) is 65.1 Å². The zero-order valence-corrected chi connectivity index (χ0v) is 24.9. The van der Waals surface area contributed by atoms with Gasteiger partial charge in [-0.3, -0.25) is 9.59 Å². The summed E-state index contributed by atoms with van der Waals surface area (Å²) in [5, 5.41) is 0. The molecular formula is C34H43NO5. The second-order valence-electron chi connectivity index (χ2n) is 12.6. The van der Waals surface area contributed by atoms with Gasteiger partial charge in [0.2, 0.25) is 0 Å². The van der Waals surface area contributed by atoms with E-state index >= 15 is 0 Å². The minimum atomic E-state index is -0.472. The van der Waals surface area contributed by atoms with Gasteiger partial charge in [0.25, 0.3) is 0 Å². The molecule has 6 heteroatoms. The molecule has 1 heterocycles. The van der Waals surface area contributed by atoms with Gasteiger partial charge in [0.1, 0.15) is 6.61 Å². The number of terminal acetylenes is 1. The van der Waals surface area contributed by atoms with Crippen LogP contribution in [-0.2, 0) is 20.7 Å². The van der Waals surface area contributed by atoms with E-state index in [0.717, 1.165) is 46.5 Å². The van der Waals surface area contributed by atoms with Crippen LogP contribution in [0.3, 0.4) is 0 Å². The van der Waals surface area contributed by atoms with E-state index in [9.17, 15) is 9.59 Å². The summed E-state index contributed by atoms with van der Waals surface area (Å²) in [5.41, 5.74) is 4.85. The van der Waals surface area contributed by atoms with Crippen LogP contribution < -0.4 is 9.47 Å². The fraction of sp³-hybridized carbons (Fsp3) is 0.529. The second kappa shape index (κ2) is 11.7. The summed E-state index contributed by atoms with van der Waals surface area (Å²) in [7, 11) is 1.68. The van der Waals surface area contributed by atoms with Crippen LogP contribution in [0, 0.1) is 23.2 Å². The number of carbonyl (C=O) groups is 2. The molecule has 1 aliphatic heterocycles. The summed E-state index contributed by atoms with van der Waals surface area (Å²) in [5.74, 6) is 3.39. The standard InChI is InChI=1S/C34H43NO5/c1-9-12-22-16-23(17-28(39-11-3)32(22)40-14-10-2)29-30-24(18-33(4,5)20-26(30)36)35(13-15-38-8)25-19-34(6,7)21-27(37)31(25)29/h2,9,16-17,29H,1,11-15,18-21H2,3-8H3. The zero-order valence-electron chi connectivity index (χ0n) is 24.9. The third-order valence-corrected chi connectivity index (χ3v) is 7.99. The number of hydrogen-bond donors (Lipinski definition) is 0. The van der Waals surface area contributed by atoms with E-state index in [-0.39, 0.29) is 29.0 Å². The van der Waals surface area contributed by atoms with Crippen molar-refractivity contribution in [3.05, 3.63) is 58.5 Å². The van der Waals surface area contributed by atoms with Gasteiger partial charge in [-0.2, -0.15) is 0 Å². The zero-order chi connectivity index (χ0) is 29.2. The molecule has 0 spiro atoms. The normalized spacial score (nSPS) is 20.2. The van der Waals surface area contributed by atoms with Crippen LogP contribution in [0.5, 0.6) is 11.5 Å². The lowest BCUT2D eigenvalue weighted by Gasteiger charge is -2.49. The van der Waals surface area contributed by atoms with Crippen LogP contribution in [-0.4, -0.2) is 49.9 Å². The Hall–Kier alpha value is -3.30. The molecule has 0 saturated heterocycles. The highest BCUT2D eigenvalue weighted by Crippen LogP contribution is 2.55. The smallest absolute Gasteiger partial charge is 0.166 e. The maximum absolute atomic E-state index is 14.0. The molecule has 0 N–H and O–H groups in total. The fourth-order valence-electron chi connectivity index (χ4n) is 6.53. The molecule has 3 aliphatic rings. The Bertz CT molecular complexity index is 1250. The van der Waals surface area contributed by atoms with E-state index < -0.39 is 5.92 Å². The third kappa shape index (κ3) is 5.76. The summed E-state index contributed by atoms with van der Waals surface area (Å²) in [6, 6.07) is 3.98. The van der Waals surface area contributed by atoms with Crippen LogP contribution in [0.2, 0.25) is 0 Å². The monoisotopic (exact) mass is 545 g/mol. The first kappa shape index (κ1) is 29.7. The Morgan fingerprint density at radius 1 is 1.02 bits per heavy atom. The molecule has 4 rings (SSSR count). The Morgan fingerprint density at radius 2 is 1.62 bits per heavy atom. The largest absolute Gasteiger partial charge is 0.490 e. The number of rotatable bonds is 10. The van der Waals surface area contributed by atoms with Crippen LogP contribution >= 0.6 is 0 Å². The SMILES string of the molecule is C#CCOc1c(CC=C)cc(C2C3=C(CC(C)(C)CC3=O)N(CCOC)C3=C2C(=O)CC(C)(C)C3)cc1OCC. The number of methoxy groups -OCH3 is 1. The molecular weight excluding hydrogens is 502 g/mol. The molecule has 0 amide bonds. The predicted molar refractivity (Wildman–Crippen MR) is 157 cm³/mol. The number of allylic oxidation sites excluding steroid dienone is 5. The van der Waals surface area contributed by atoms with Gasteiger partial charge >= 0.3 is 0 Å². The summed E-state index contributed by atoms with van der Waals surface area (Å²) >= 11 is 0. The number of nitrogens with zero attached hydrogens (tertiary/aromatic N) is 1. The molecule has 2 aliphatic carbocycles. The fourth-order valence-corrected chi connectivity index (χ4v) is 6.53. The van der Waals surface area contributed by atoms with Crippen molar-refractivity contribution >= 4 is 11.6 Å². The van der Waals surface area contributed by atoms with Crippen molar-refractivity contribution in [2.45, 2.75) is 72.6 Å². The summed E-state index contributed by atoms with van der Waals surface area (Å²) in [6.45, 7) is 16.1. The van der Waals surface area contributed by atoms with E-state index in [1.165, 1.54) is 0 Å². The van der Waals surface area contributed by atoms with Gasteiger partial charge in [0, 0.05) is 60.5 Å². The average molecular weight is 546 g/mol. The first-order valence-electron chi connectivity index (χ1n) is 14.2. The van der Waals surface area contributed by atoms with Gasteiger partial charge in [-0.05, 0) is 48.6 Å². The first-order valence-corrected chi connectivity index (χ1v) is 14.2. The van der Waals surface area contributed by atoms with Crippen LogP contribution in [0.15, 0.2) is 47.3 Å². The second-order valence-corrected chi connectivity index (χ2v) is 12.6. The molecule has 0 unspecified atom stereocenters. The minimum absolute atomic E-state index is 0.0961. The Kier molecular flexibility index (Phi) is 8.66. The summed E-state index contributed by atoms with van der Waals surface area (Å²) in [4.78, 5) is 30.3. The molecule has 0 saturated carbocycles. The number of ketones is 2. The van der Waals surface area contributed by atoms with Crippen molar-refractivity contribution < 1.29 is 23.8 Å². The molecule has 0 atom stereocenters. The highest BCUT2D eigenvalue weighted by molar-refractivity contribution is 6.06. The van der Waals surface area contributed by atoms with Crippen LogP contribution in [0.1, 0.15) is 77.3 Å². The molecule has 1 aromatic rings. The van der Waals surface area contributed by atoms with Gasteiger partial charge in [-0.25, -0.2) is 0 Å². The van der Waals surface area contributed by atoms with Crippen molar-refractivity contribution in [1.29, 1.82) is 0 Å². The van der Waals surface area contributed by atoms with E-state index in [4.69, 9.17) is 20.6 Å². The van der Waals surface area contributed by atoms with Crippen molar-refractivity contribution in [2.24, 2.45) is 10.8 Å². The Morgan fingerprint density at radius 3 is 2.12 bits per heavy atom. The van der Waals surface area contributed by atoms with E-state index in [1.807, 2.05) is 25.1 Å². The van der Waals surface area contributed by atoms with E-state index in [0.29, 0.717) is 50.5 Å². The maximum atomic E-state index is 14.0. The highest BCUT2D eigenvalue weighted by atomic mass is 16.5. The molecule has 40 heavy (non-hydrogen) atoms. The number of hydrogen-bond acceptors (Lipinski definition) is 6. The maximum Gasteiger partial charge on any atom is 0.166 e. The van der Waals surface area contributed by atoms with Crippen molar-refractivity contribution in [1.82, 2.24) is 4.90 Å². The molecule has 0 radical (unpaired) electrons. The number of ether oxygens (including phenoxy) is 3. The molecule has 1 aromatic carbocycles.